The Morgan fingerprint density at radius 3 is 1.55 bits per heavy atom. The molecule has 1 N–H and O–H groups in total. The summed E-state index contributed by atoms with van der Waals surface area (Å²) < 4.78 is 30.6. The fourth-order valence-electron chi connectivity index (χ4n) is 1.42. The Morgan fingerprint density at radius 1 is 0.818 bits per heavy atom. The third-order valence-electron chi connectivity index (χ3n) is 2.45. The minimum atomic E-state index is -4.18. The summed E-state index contributed by atoms with van der Waals surface area (Å²) in [4.78, 5) is 3.58. The quantitative estimate of drug-likeness (QED) is 0.502. The number of hydrogen-bond acceptors (Lipinski definition) is 5. The summed E-state index contributed by atoms with van der Waals surface area (Å²) in [6.45, 7) is 7.41. The van der Waals surface area contributed by atoms with Crippen LogP contribution in [0.15, 0.2) is 68.6 Å². The second-order valence-electron chi connectivity index (χ2n) is 3.84. The van der Waals surface area contributed by atoms with Crippen molar-refractivity contribution in [3.8, 4) is 0 Å². The van der Waals surface area contributed by atoms with Gasteiger partial charge in [0.15, 0.2) is 0 Å². The second-order valence-corrected chi connectivity index (χ2v) is 5.27. The zero-order valence-electron chi connectivity index (χ0n) is 12.3. The Kier molecular flexibility index (Phi) is 6.55. The monoisotopic (exact) mass is 319 g/mol. The van der Waals surface area contributed by atoms with Gasteiger partial charge in [-0.15, -0.1) is 0 Å². The summed E-state index contributed by atoms with van der Waals surface area (Å²) in [6, 6.07) is 12.4. The molecule has 0 aromatic heterocycles. The van der Waals surface area contributed by atoms with Gasteiger partial charge in [-0.3, -0.25) is 9.55 Å². The molecule has 0 saturated heterocycles. The van der Waals surface area contributed by atoms with Crippen LogP contribution in [0.1, 0.15) is 13.8 Å². The zero-order chi connectivity index (χ0) is 16.6. The fourth-order valence-corrected chi connectivity index (χ4v) is 1.90. The molecule has 0 saturated carbocycles. The van der Waals surface area contributed by atoms with Gasteiger partial charge in [0, 0.05) is 0 Å². The fraction of sp³-hybridized carbons (Fsp3) is 0.133. The number of rotatable bonds is 4. The van der Waals surface area contributed by atoms with Gasteiger partial charge in [-0.2, -0.15) is 18.6 Å². The largest absolute Gasteiger partial charge is 0.294 e. The number of hydrogen-bond donors (Lipinski definition) is 1. The van der Waals surface area contributed by atoms with Gasteiger partial charge in [-0.25, -0.2) is 0 Å². The van der Waals surface area contributed by atoms with E-state index >= 15 is 0 Å². The van der Waals surface area contributed by atoms with Gasteiger partial charge >= 0.3 is 0 Å². The van der Waals surface area contributed by atoms with E-state index in [1.807, 2.05) is 13.8 Å². The molecular weight excluding hydrogens is 302 g/mol. The predicted molar refractivity (Wildman–Crippen MR) is 87.4 cm³/mol. The van der Waals surface area contributed by atoms with Crippen LogP contribution in [0, 0.1) is 0 Å². The van der Waals surface area contributed by atoms with E-state index in [1.54, 1.807) is 24.3 Å². The molecule has 0 aliphatic heterocycles. The molecule has 0 fully saturated rings. The molecule has 0 aliphatic rings. The van der Waals surface area contributed by atoms with E-state index in [4.69, 9.17) is 4.55 Å². The van der Waals surface area contributed by atoms with Crippen molar-refractivity contribution in [1.82, 2.24) is 0 Å². The molecule has 7 heteroatoms. The van der Waals surface area contributed by atoms with E-state index in [1.165, 1.54) is 24.3 Å². The Bertz CT molecular complexity index is 737. The van der Waals surface area contributed by atoms with Gasteiger partial charge in [-0.05, 0) is 55.2 Å². The molecule has 0 heterocycles. The van der Waals surface area contributed by atoms with Crippen LogP contribution in [-0.4, -0.2) is 19.7 Å². The number of aliphatic imine (C=N–C) groups is 1. The van der Waals surface area contributed by atoms with E-state index < -0.39 is 10.1 Å². The normalized spacial score (nSPS) is 10.9. The highest BCUT2D eigenvalue weighted by molar-refractivity contribution is 7.85. The van der Waals surface area contributed by atoms with Crippen molar-refractivity contribution in [3.05, 3.63) is 48.5 Å². The van der Waals surface area contributed by atoms with Crippen LogP contribution in [0.4, 0.5) is 17.1 Å². The van der Waals surface area contributed by atoms with Gasteiger partial charge in [0.05, 0.1) is 22.0 Å². The van der Waals surface area contributed by atoms with Crippen LogP contribution in [0.5, 0.6) is 0 Å². The highest BCUT2D eigenvalue weighted by atomic mass is 32.2. The van der Waals surface area contributed by atoms with Crippen molar-refractivity contribution >= 4 is 33.9 Å². The first-order valence-electron chi connectivity index (χ1n) is 6.55. The van der Waals surface area contributed by atoms with E-state index in [0.717, 1.165) is 5.69 Å². The molecule has 0 atom stereocenters. The highest BCUT2D eigenvalue weighted by Crippen LogP contribution is 2.22. The molecule has 0 spiro atoms. The van der Waals surface area contributed by atoms with Gasteiger partial charge in [-0.1, -0.05) is 13.8 Å². The first-order chi connectivity index (χ1) is 10.5. The van der Waals surface area contributed by atoms with E-state index in [0.29, 0.717) is 11.4 Å². The average molecular weight is 319 g/mol. The Hall–Kier alpha value is -2.38. The van der Waals surface area contributed by atoms with Crippen LogP contribution < -0.4 is 0 Å². The van der Waals surface area contributed by atoms with Crippen LogP contribution in [0.2, 0.25) is 0 Å². The molecule has 2 rings (SSSR count). The van der Waals surface area contributed by atoms with Crippen molar-refractivity contribution in [2.45, 2.75) is 18.7 Å². The van der Waals surface area contributed by atoms with Gasteiger partial charge in [0.25, 0.3) is 10.1 Å². The first-order valence-corrected chi connectivity index (χ1v) is 7.99. The Morgan fingerprint density at radius 2 is 1.18 bits per heavy atom. The third-order valence-corrected chi connectivity index (χ3v) is 3.32. The molecule has 22 heavy (non-hydrogen) atoms. The number of nitrogens with zero attached hydrogens (tertiary/aromatic N) is 3. The molecule has 0 unspecified atom stereocenters. The maximum absolute atomic E-state index is 10.9. The van der Waals surface area contributed by atoms with Gasteiger partial charge in [0.1, 0.15) is 0 Å². The molecular formula is C15H17N3O3S. The summed E-state index contributed by atoms with van der Waals surface area (Å²) in [7, 11) is -4.18. The molecule has 116 valence electrons. The summed E-state index contributed by atoms with van der Waals surface area (Å²) in [5, 5.41) is 7.95. The Balaban J connectivity index is 0.00000116. The molecule has 2 aromatic rings. The van der Waals surface area contributed by atoms with Crippen molar-refractivity contribution in [2.24, 2.45) is 15.2 Å². The Labute approximate surface area is 130 Å². The number of benzene rings is 2. The van der Waals surface area contributed by atoms with Crippen molar-refractivity contribution in [1.29, 1.82) is 0 Å². The summed E-state index contributed by atoms with van der Waals surface area (Å²) in [5.74, 6) is 0. The summed E-state index contributed by atoms with van der Waals surface area (Å²) in [6.07, 6.45) is 0. The van der Waals surface area contributed by atoms with Crippen molar-refractivity contribution in [3.63, 3.8) is 0 Å². The number of azo groups is 1. The predicted octanol–water partition coefficient (Wildman–Crippen LogP) is 4.71. The lowest BCUT2D eigenvalue weighted by Crippen LogP contribution is -1.96. The van der Waals surface area contributed by atoms with Crippen LogP contribution in [0.3, 0.4) is 0 Å². The smallest absolute Gasteiger partial charge is 0.282 e. The molecule has 6 nitrogen and oxygen atoms in total. The zero-order valence-corrected chi connectivity index (χ0v) is 13.2. The van der Waals surface area contributed by atoms with E-state index in [-0.39, 0.29) is 4.90 Å². The summed E-state index contributed by atoms with van der Waals surface area (Å²) >= 11 is 0. The summed E-state index contributed by atoms with van der Waals surface area (Å²) in [5.41, 5.74) is 1.85. The maximum Gasteiger partial charge on any atom is 0.294 e. The van der Waals surface area contributed by atoms with Crippen molar-refractivity contribution < 1.29 is 13.0 Å². The molecule has 0 amide bonds. The standard InChI is InChI=1S/C13H11N3O3S.C2H6/c1-14-10-2-4-11(5-3-10)15-16-12-6-8-13(9-7-12)20(17,18)19;1-2/h2-9H,1H2,(H,17,18,19);1-2H3. The van der Waals surface area contributed by atoms with E-state index in [9.17, 15) is 8.42 Å². The molecule has 0 aliphatic carbocycles. The van der Waals surface area contributed by atoms with Gasteiger partial charge < -0.3 is 0 Å². The molecule has 0 bridgehead atoms. The third kappa shape index (κ3) is 5.19. The molecule has 0 radical (unpaired) electrons. The van der Waals surface area contributed by atoms with Crippen LogP contribution in [0.25, 0.3) is 0 Å². The maximum atomic E-state index is 10.9. The highest BCUT2D eigenvalue weighted by Gasteiger charge is 2.07. The second kappa shape index (κ2) is 8.16. The van der Waals surface area contributed by atoms with Gasteiger partial charge in [0.2, 0.25) is 0 Å². The first kappa shape index (κ1) is 17.7. The lowest BCUT2D eigenvalue weighted by Gasteiger charge is -1.97. The minimum absolute atomic E-state index is 0.183. The lowest BCUT2D eigenvalue weighted by molar-refractivity contribution is 0.483. The topological polar surface area (TPSA) is 91.5 Å². The minimum Gasteiger partial charge on any atom is -0.282 e. The van der Waals surface area contributed by atoms with Crippen LogP contribution in [-0.2, 0) is 10.1 Å². The molecule has 2 aromatic carbocycles. The lowest BCUT2D eigenvalue weighted by atomic mass is 10.3. The van der Waals surface area contributed by atoms with E-state index in [2.05, 4.69) is 21.9 Å². The average Bonchev–Trinajstić information content (AvgIpc) is 2.55. The SMILES string of the molecule is C=Nc1ccc(N=Nc2ccc(S(=O)(=O)O)cc2)cc1.CC. The van der Waals surface area contributed by atoms with Crippen LogP contribution >= 0.6 is 0 Å². The van der Waals surface area contributed by atoms with Crippen molar-refractivity contribution in [2.75, 3.05) is 0 Å².